The predicted molar refractivity (Wildman–Crippen MR) is 66.0 cm³/mol. The maximum Gasteiger partial charge on any atom is 0.0482 e. The number of aliphatic hydroxyl groups excluding tert-OH is 1. The van der Waals surface area contributed by atoms with Crippen LogP contribution in [0, 0.1) is 5.41 Å². The lowest BCUT2D eigenvalue weighted by atomic mass is 9.89. The zero-order valence-corrected chi connectivity index (χ0v) is 10.2. The highest BCUT2D eigenvalue weighted by atomic mass is 16.3. The van der Waals surface area contributed by atoms with Crippen LogP contribution in [0.15, 0.2) is 24.5 Å². The van der Waals surface area contributed by atoms with E-state index in [4.69, 9.17) is 5.11 Å². The van der Waals surface area contributed by atoms with E-state index in [0.29, 0.717) is 0 Å². The van der Waals surface area contributed by atoms with Gasteiger partial charge in [0.2, 0.25) is 0 Å². The lowest BCUT2D eigenvalue weighted by molar-refractivity contribution is 0.148. The summed E-state index contributed by atoms with van der Waals surface area (Å²) in [6.07, 6.45) is 5.77. The molecular weight excluding hydrogens is 200 g/mol. The second-order valence-electron chi connectivity index (χ2n) is 4.96. The molecule has 0 bridgehead atoms. The van der Waals surface area contributed by atoms with Crippen LogP contribution in [-0.4, -0.2) is 23.2 Å². The van der Waals surface area contributed by atoms with Crippen molar-refractivity contribution in [2.45, 2.75) is 33.2 Å². The average molecular weight is 222 g/mol. The zero-order chi connectivity index (χ0) is 11.9. The molecule has 0 saturated heterocycles. The Bertz CT molecular complexity index is 285. The van der Waals surface area contributed by atoms with E-state index in [2.05, 4.69) is 24.1 Å². The molecule has 0 aliphatic carbocycles. The minimum Gasteiger partial charge on any atom is -0.396 e. The molecule has 1 aromatic rings. The van der Waals surface area contributed by atoms with Crippen molar-refractivity contribution < 1.29 is 5.11 Å². The molecule has 1 rings (SSSR count). The molecule has 3 nitrogen and oxygen atoms in total. The van der Waals surface area contributed by atoms with E-state index in [0.717, 1.165) is 25.9 Å². The molecule has 0 radical (unpaired) electrons. The van der Waals surface area contributed by atoms with Gasteiger partial charge in [0.05, 0.1) is 0 Å². The monoisotopic (exact) mass is 222 g/mol. The fourth-order valence-electron chi connectivity index (χ4n) is 1.50. The number of pyridine rings is 1. The molecular formula is C13H22N2O. The summed E-state index contributed by atoms with van der Waals surface area (Å²) in [5.74, 6) is 0. The molecule has 3 heteroatoms. The molecule has 0 aliphatic rings. The van der Waals surface area contributed by atoms with Crippen LogP contribution in [0.2, 0.25) is 0 Å². The van der Waals surface area contributed by atoms with Gasteiger partial charge in [-0.15, -0.1) is 0 Å². The fourth-order valence-corrected chi connectivity index (χ4v) is 1.50. The highest BCUT2D eigenvalue weighted by Crippen LogP contribution is 2.20. The van der Waals surface area contributed by atoms with E-state index < -0.39 is 0 Å². The standard InChI is InChI=1S/C13H22N2O/c1-13(2,11-16)6-3-7-15-10-12-4-8-14-9-5-12/h4-5,8-9,15-16H,3,6-7,10-11H2,1-2H3. The minimum atomic E-state index is 0.0539. The van der Waals surface area contributed by atoms with E-state index in [9.17, 15) is 0 Å². The first-order chi connectivity index (χ1) is 7.64. The van der Waals surface area contributed by atoms with Crippen LogP contribution in [0.4, 0.5) is 0 Å². The van der Waals surface area contributed by atoms with Crippen molar-refractivity contribution in [1.29, 1.82) is 0 Å². The van der Waals surface area contributed by atoms with Crippen molar-refractivity contribution in [3.63, 3.8) is 0 Å². The van der Waals surface area contributed by atoms with Crippen molar-refractivity contribution in [2.24, 2.45) is 5.41 Å². The lowest BCUT2D eigenvalue weighted by Gasteiger charge is -2.21. The Hall–Kier alpha value is -0.930. The van der Waals surface area contributed by atoms with Crippen LogP contribution in [-0.2, 0) is 6.54 Å². The zero-order valence-electron chi connectivity index (χ0n) is 10.2. The van der Waals surface area contributed by atoms with Crippen LogP contribution < -0.4 is 5.32 Å². The lowest BCUT2D eigenvalue weighted by Crippen LogP contribution is -2.20. The summed E-state index contributed by atoms with van der Waals surface area (Å²) in [5, 5.41) is 12.5. The van der Waals surface area contributed by atoms with Gasteiger partial charge in [0.25, 0.3) is 0 Å². The van der Waals surface area contributed by atoms with Gasteiger partial charge >= 0.3 is 0 Å². The van der Waals surface area contributed by atoms with Gasteiger partial charge in [-0.05, 0) is 42.5 Å². The van der Waals surface area contributed by atoms with Crippen LogP contribution in [0.25, 0.3) is 0 Å². The molecule has 0 spiro atoms. The maximum absolute atomic E-state index is 9.10. The topological polar surface area (TPSA) is 45.1 Å². The number of hydrogen-bond acceptors (Lipinski definition) is 3. The molecule has 1 heterocycles. The Labute approximate surface area is 97.9 Å². The van der Waals surface area contributed by atoms with Gasteiger partial charge in [0, 0.05) is 25.5 Å². The molecule has 90 valence electrons. The van der Waals surface area contributed by atoms with Crippen molar-refractivity contribution in [1.82, 2.24) is 10.3 Å². The first-order valence-corrected chi connectivity index (χ1v) is 5.84. The molecule has 0 amide bonds. The molecule has 1 aromatic heterocycles. The van der Waals surface area contributed by atoms with Gasteiger partial charge in [-0.3, -0.25) is 4.98 Å². The SMILES string of the molecule is CC(C)(CO)CCCNCc1ccncc1. The summed E-state index contributed by atoms with van der Waals surface area (Å²) < 4.78 is 0. The smallest absolute Gasteiger partial charge is 0.0482 e. The summed E-state index contributed by atoms with van der Waals surface area (Å²) in [5.41, 5.74) is 1.31. The van der Waals surface area contributed by atoms with E-state index in [1.165, 1.54) is 5.56 Å². The maximum atomic E-state index is 9.10. The summed E-state index contributed by atoms with van der Waals surface area (Å²) in [7, 11) is 0. The first kappa shape index (κ1) is 13.1. The number of hydrogen-bond donors (Lipinski definition) is 2. The molecule has 0 fully saturated rings. The molecule has 0 unspecified atom stereocenters. The molecule has 0 aromatic carbocycles. The Morgan fingerprint density at radius 1 is 1.31 bits per heavy atom. The van der Waals surface area contributed by atoms with Crippen LogP contribution in [0.1, 0.15) is 32.3 Å². The van der Waals surface area contributed by atoms with Crippen LogP contribution in [0.5, 0.6) is 0 Å². The largest absolute Gasteiger partial charge is 0.396 e. The van der Waals surface area contributed by atoms with Gasteiger partial charge in [0.15, 0.2) is 0 Å². The van der Waals surface area contributed by atoms with Gasteiger partial charge in [-0.25, -0.2) is 0 Å². The average Bonchev–Trinajstić information content (AvgIpc) is 2.30. The normalized spacial score (nSPS) is 11.7. The van der Waals surface area contributed by atoms with Gasteiger partial charge in [-0.1, -0.05) is 13.8 Å². The van der Waals surface area contributed by atoms with Gasteiger partial charge in [0.1, 0.15) is 0 Å². The summed E-state index contributed by atoms with van der Waals surface area (Å²) in [4.78, 5) is 3.98. The number of rotatable bonds is 7. The molecule has 16 heavy (non-hydrogen) atoms. The highest BCUT2D eigenvalue weighted by molar-refractivity contribution is 5.08. The molecule has 2 N–H and O–H groups in total. The van der Waals surface area contributed by atoms with Crippen molar-refractivity contribution in [3.8, 4) is 0 Å². The van der Waals surface area contributed by atoms with E-state index >= 15 is 0 Å². The van der Waals surface area contributed by atoms with Crippen molar-refractivity contribution >= 4 is 0 Å². The third kappa shape index (κ3) is 5.24. The Balaban J connectivity index is 2.09. The number of aromatic nitrogens is 1. The summed E-state index contributed by atoms with van der Waals surface area (Å²) in [6, 6.07) is 4.04. The third-order valence-corrected chi connectivity index (χ3v) is 2.71. The predicted octanol–water partition coefficient (Wildman–Crippen LogP) is 1.97. The van der Waals surface area contributed by atoms with Gasteiger partial charge in [-0.2, -0.15) is 0 Å². The number of aliphatic hydroxyl groups is 1. The summed E-state index contributed by atoms with van der Waals surface area (Å²) in [6.45, 7) is 6.33. The fraction of sp³-hybridized carbons (Fsp3) is 0.615. The molecule has 0 aliphatic heterocycles. The van der Waals surface area contributed by atoms with Crippen LogP contribution >= 0.6 is 0 Å². The molecule has 0 saturated carbocycles. The quantitative estimate of drug-likeness (QED) is 0.693. The highest BCUT2D eigenvalue weighted by Gasteiger charge is 2.14. The van der Waals surface area contributed by atoms with E-state index in [1.54, 1.807) is 0 Å². The third-order valence-electron chi connectivity index (χ3n) is 2.71. The summed E-state index contributed by atoms with van der Waals surface area (Å²) >= 11 is 0. The number of nitrogens with zero attached hydrogens (tertiary/aromatic N) is 1. The van der Waals surface area contributed by atoms with Crippen LogP contribution in [0.3, 0.4) is 0 Å². The van der Waals surface area contributed by atoms with E-state index in [1.807, 2.05) is 24.5 Å². The number of nitrogens with one attached hydrogen (secondary N) is 1. The second kappa shape index (κ2) is 6.61. The second-order valence-corrected chi connectivity index (χ2v) is 4.96. The van der Waals surface area contributed by atoms with E-state index in [-0.39, 0.29) is 12.0 Å². The first-order valence-electron chi connectivity index (χ1n) is 5.84. The van der Waals surface area contributed by atoms with Gasteiger partial charge < -0.3 is 10.4 Å². The van der Waals surface area contributed by atoms with Crippen molar-refractivity contribution in [3.05, 3.63) is 30.1 Å². The van der Waals surface area contributed by atoms with Crippen molar-refractivity contribution in [2.75, 3.05) is 13.2 Å². The Morgan fingerprint density at radius 2 is 2.00 bits per heavy atom. The Morgan fingerprint density at radius 3 is 2.62 bits per heavy atom. The Kier molecular flexibility index (Phi) is 5.43. The minimum absolute atomic E-state index is 0.0539. The molecule has 0 atom stereocenters.